The molecule has 2 N–H and O–H groups in total. The number of hydrogen-bond donors (Lipinski definition) is 3. The van der Waals surface area contributed by atoms with Gasteiger partial charge in [-0.1, -0.05) is 12.8 Å². The zero-order valence-corrected chi connectivity index (χ0v) is 6.79. The Labute approximate surface area is 64.1 Å². The van der Waals surface area contributed by atoms with Crippen molar-refractivity contribution in [3.63, 3.8) is 0 Å². The molecule has 0 aliphatic carbocycles. The summed E-state index contributed by atoms with van der Waals surface area (Å²) in [5.41, 5.74) is 5.57. The van der Waals surface area contributed by atoms with Crippen LogP contribution in [0.15, 0.2) is 0 Å². The second kappa shape index (κ2) is 2.70. The summed E-state index contributed by atoms with van der Waals surface area (Å²) in [6.45, 7) is 0. The maximum atomic E-state index is 5.57. The number of nitrogens with two attached hydrogens (primary N) is 1. The van der Waals surface area contributed by atoms with E-state index >= 15 is 0 Å². The molecule has 1 saturated heterocycles. The quantitative estimate of drug-likeness (QED) is 0.457. The number of thioether (sulfide) groups is 1. The van der Waals surface area contributed by atoms with Crippen molar-refractivity contribution in [2.45, 2.75) is 10.7 Å². The molecule has 0 aromatic rings. The van der Waals surface area contributed by atoms with Crippen LogP contribution in [0.2, 0.25) is 0 Å². The highest BCUT2D eigenvalue weighted by molar-refractivity contribution is 8.10. The first-order chi connectivity index (χ1) is 3.72. The van der Waals surface area contributed by atoms with Gasteiger partial charge in [-0.25, -0.2) is 4.31 Å². The van der Waals surface area contributed by atoms with Gasteiger partial charge in [0, 0.05) is 0 Å². The average molecular weight is 168 g/mol. The van der Waals surface area contributed by atoms with Crippen molar-refractivity contribution >= 4 is 37.2 Å². The summed E-state index contributed by atoms with van der Waals surface area (Å²) in [5.74, 6) is 0.873. The van der Waals surface area contributed by atoms with E-state index in [0.29, 0.717) is 0 Å². The Morgan fingerprint density at radius 3 is 2.50 bits per heavy atom. The molecular formula is C3H8N2S3. The third kappa shape index (κ3) is 1.27. The molecular weight excluding hydrogens is 160 g/mol. The third-order valence-corrected chi connectivity index (χ3v) is 3.41. The van der Waals surface area contributed by atoms with E-state index in [2.05, 4.69) is 25.4 Å². The molecule has 0 amide bonds. The van der Waals surface area contributed by atoms with Crippen LogP contribution >= 0.6 is 37.2 Å². The molecule has 0 aromatic carbocycles. The molecule has 0 bridgehead atoms. The van der Waals surface area contributed by atoms with Crippen LogP contribution in [-0.4, -0.2) is 20.9 Å². The summed E-state index contributed by atoms with van der Waals surface area (Å²) in [4.78, 5) is 0. The largest absolute Gasteiger partial charge is 0.313 e. The molecule has 1 aliphatic heterocycles. The van der Waals surface area contributed by atoms with E-state index in [9.17, 15) is 0 Å². The Balaban J connectivity index is 2.44. The molecule has 0 aromatic heterocycles. The minimum atomic E-state index is 0.00617. The van der Waals surface area contributed by atoms with Crippen LogP contribution in [0, 0.1) is 0 Å². The summed E-state index contributed by atoms with van der Waals surface area (Å²) >= 11 is 9.98. The van der Waals surface area contributed by atoms with E-state index in [1.54, 1.807) is 16.1 Å². The molecule has 1 rings (SSSR count). The zero-order chi connectivity index (χ0) is 6.15. The highest BCUT2D eigenvalue weighted by Gasteiger charge is 2.26. The smallest absolute Gasteiger partial charge is 0.0889 e. The van der Waals surface area contributed by atoms with Crippen LogP contribution < -0.4 is 5.73 Å². The lowest BCUT2D eigenvalue weighted by Gasteiger charge is -2.12. The first-order valence-corrected chi connectivity index (χ1v) is 4.19. The molecule has 0 radical (unpaired) electrons. The van der Waals surface area contributed by atoms with Gasteiger partial charge in [0.15, 0.2) is 0 Å². The Morgan fingerprint density at radius 2 is 2.38 bits per heavy atom. The normalized spacial score (nSPS) is 40.9. The molecule has 2 nitrogen and oxygen atoms in total. The van der Waals surface area contributed by atoms with Gasteiger partial charge in [0.25, 0.3) is 0 Å². The second-order valence-corrected chi connectivity index (χ2v) is 4.14. The maximum Gasteiger partial charge on any atom is 0.0889 e. The van der Waals surface area contributed by atoms with Crippen LogP contribution in [0.25, 0.3) is 0 Å². The van der Waals surface area contributed by atoms with E-state index in [4.69, 9.17) is 5.73 Å². The summed E-state index contributed by atoms with van der Waals surface area (Å²) in [7, 11) is 0. The number of thiol groups is 2. The Hall–Kier alpha value is 0.970. The first kappa shape index (κ1) is 7.08. The number of nitrogens with zero attached hydrogens (tertiary/aromatic N) is 1. The predicted molar refractivity (Wildman–Crippen MR) is 44.0 cm³/mol. The summed E-state index contributed by atoms with van der Waals surface area (Å²) in [6.07, 6.45) is 0.00617. The van der Waals surface area contributed by atoms with Gasteiger partial charge in [0.2, 0.25) is 0 Å². The number of rotatable bonds is 0. The summed E-state index contributed by atoms with van der Waals surface area (Å²) in [6, 6.07) is 0. The van der Waals surface area contributed by atoms with Crippen molar-refractivity contribution in [1.29, 1.82) is 0 Å². The van der Waals surface area contributed by atoms with Crippen LogP contribution in [0.3, 0.4) is 0 Å². The molecule has 0 spiro atoms. The van der Waals surface area contributed by atoms with Crippen molar-refractivity contribution < 1.29 is 0 Å². The van der Waals surface area contributed by atoms with E-state index in [-0.39, 0.29) is 10.7 Å². The van der Waals surface area contributed by atoms with Crippen LogP contribution in [0.5, 0.6) is 0 Å². The first-order valence-electron chi connectivity index (χ1n) is 2.22. The van der Waals surface area contributed by atoms with Gasteiger partial charge in [-0.2, -0.15) is 12.6 Å². The molecule has 8 heavy (non-hydrogen) atoms. The fourth-order valence-electron chi connectivity index (χ4n) is 0.485. The van der Waals surface area contributed by atoms with Gasteiger partial charge in [0.1, 0.15) is 0 Å². The molecule has 1 fully saturated rings. The minimum Gasteiger partial charge on any atom is -0.313 e. The van der Waals surface area contributed by atoms with Gasteiger partial charge >= 0.3 is 0 Å². The SMILES string of the molecule is NC1C(S)SCN1S. The lowest BCUT2D eigenvalue weighted by molar-refractivity contribution is 0.461. The van der Waals surface area contributed by atoms with Gasteiger partial charge in [0.05, 0.1) is 16.6 Å². The van der Waals surface area contributed by atoms with Gasteiger partial charge in [-0.05, 0) is 0 Å². The van der Waals surface area contributed by atoms with E-state index in [1.165, 1.54) is 0 Å². The Bertz CT molecular complexity index is 78.6. The van der Waals surface area contributed by atoms with Crippen LogP contribution in [-0.2, 0) is 0 Å². The Kier molecular flexibility index (Phi) is 2.39. The molecule has 48 valence electrons. The molecule has 1 aliphatic rings. The predicted octanol–water partition coefficient (Wildman–Crippen LogP) is 0.378. The minimum absolute atomic E-state index is 0.00617. The maximum absolute atomic E-state index is 5.57. The van der Waals surface area contributed by atoms with Crippen LogP contribution in [0.4, 0.5) is 0 Å². The summed E-state index contributed by atoms with van der Waals surface area (Å²) in [5, 5.41) is 0. The highest BCUT2D eigenvalue weighted by Crippen LogP contribution is 2.29. The zero-order valence-electron chi connectivity index (χ0n) is 4.19. The number of hydrogen-bond acceptors (Lipinski definition) is 5. The fourth-order valence-corrected chi connectivity index (χ4v) is 2.20. The molecule has 0 saturated carbocycles. The van der Waals surface area contributed by atoms with Crippen molar-refractivity contribution in [3.8, 4) is 0 Å². The van der Waals surface area contributed by atoms with Crippen molar-refractivity contribution in [2.24, 2.45) is 5.73 Å². The van der Waals surface area contributed by atoms with E-state index in [0.717, 1.165) is 5.88 Å². The van der Waals surface area contributed by atoms with Crippen molar-refractivity contribution in [3.05, 3.63) is 0 Å². The van der Waals surface area contributed by atoms with Gasteiger partial charge in [-0.3, -0.25) is 0 Å². The van der Waals surface area contributed by atoms with Crippen LogP contribution in [0.1, 0.15) is 0 Å². The lowest BCUT2D eigenvalue weighted by Crippen LogP contribution is -2.34. The fraction of sp³-hybridized carbons (Fsp3) is 1.00. The molecule has 1 heterocycles. The topological polar surface area (TPSA) is 29.3 Å². The van der Waals surface area contributed by atoms with Crippen molar-refractivity contribution in [2.75, 3.05) is 5.88 Å². The monoisotopic (exact) mass is 168 g/mol. The molecule has 2 atom stereocenters. The van der Waals surface area contributed by atoms with E-state index < -0.39 is 0 Å². The van der Waals surface area contributed by atoms with Gasteiger partial charge < -0.3 is 5.73 Å². The second-order valence-electron chi connectivity index (χ2n) is 1.62. The van der Waals surface area contributed by atoms with Crippen molar-refractivity contribution in [1.82, 2.24) is 4.31 Å². The Morgan fingerprint density at radius 1 is 1.75 bits per heavy atom. The average Bonchev–Trinajstić information content (AvgIpc) is 1.98. The molecule has 2 unspecified atom stereocenters. The highest BCUT2D eigenvalue weighted by atomic mass is 32.2. The molecule has 5 heteroatoms. The lowest BCUT2D eigenvalue weighted by atomic mass is 10.6. The standard InChI is InChI=1S/C3H8N2S3/c4-2-3(6)8-1-5(2)7/h2-3,6-7H,1,4H2. The van der Waals surface area contributed by atoms with Gasteiger partial charge in [-0.15, -0.1) is 11.8 Å². The van der Waals surface area contributed by atoms with E-state index in [1.807, 2.05) is 0 Å². The third-order valence-electron chi connectivity index (χ3n) is 1.01. The summed E-state index contributed by atoms with van der Waals surface area (Å²) < 4.78 is 2.01.